The molecule has 2 N–H and O–H groups in total. The summed E-state index contributed by atoms with van der Waals surface area (Å²) in [5.74, 6) is 0.962. The quantitative estimate of drug-likeness (QED) is 0.632. The van der Waals surface area contributed by atoms with E-state index < -0.39 is 0 Å². The summed E-state index contributed by atoms with van der Waals surface area (Å²) in [5.41, 5.74) is 6.55. The number of nitrogen functional groups attached to an aromatic ring is 1. The van der Waals surface area contributed by atoms with Gasteiger partial charge in [0.25, 0.3) is 0 Å². The topological polar surface area (TPSA) is 51.8 Å². The molecule has 0 aliphatic heterocycles. The van der Waals surface area contributed by atoms with Crippen molar-refractivity contribution in [3.8, 4) is 0 Å². The Morgan fingerprint density at radius 2 is 2.20 bits per heavy atom. The number of anilines is 1. The first-order valence-corrected chi connectivity index (χ1v) is 3.28. The molecule has 1 aromatic rings. The Morgan fingerprint density at radius 3 is 2.60 bits per heavy atom. The molecule has 0 spiro atoms. The summed E-state index contributed by atoms with van der Waals surface area (Å²) < 4.78 is 0. The van der Waals surface area contributed by atoms with Crippen molar-refractivity contribution in [2.45, 2.75) is 19.8 Å². The number of hydrogen-bond donors (Lipinski definition) is 1. The van der Waals surface area contributed by atoms with Crippen LogP contribution in [0.25, 0.3) is 0 Å². The van der Waals surface area contributed by atoms with E-state index in [1.807, 2.05) is 6.07 Å². The van der Waals surface area contributed by atoms with E-state index >= 15 is 0 Å². The monoisotopic (exact) mass is 137 g/mol. The SMILES string of the molecule is CC(C)c1cnnc(N)c1. The zero-order chi connectivity index (χ0) is 7.56. The third-order valence-electron chi connectivity index (χ3n) is 1.36. The van der Waals surface area contributed by atoms with Crippen LogP contribution < -0.4 is 5.73 Å². The van der Waals surface area contributed by atoms with Crippen molar-refractivity contribution in [1.29, 1.82) is 0 Å². The summed E-state index contributed by atoms with van der Waals surface area (Å²) in [5, 5.41) is 7.38. The summed E-state index contributed by atoms with van der Waals surface area (Å²) in [6, 6.07) is 1.84. The second kappa shape index (κ2) is 2.64. The molecule has 1 heterocycles. The molecule has 0 aliphatic rings. The molecule has 0 radical (unpaired) electrons. The molecule has 0 saturated carbocycles. The molecule has 0 aliphatic carbocycles. The summed E-state index contributed by atoms with van der Waals surface area (Å²) in [6.45, 7) is 4.19. The minimum Gasteiger partial charge on any atom is -0.382 e. The van der Waals surface area contributed by atoms with E-state index in [2.05, 4.69) is 24.0 Å². The molecular weight excluding hydrogens is 126 g/mol. The van der Waals surface area contributed by atoms with Gasteiger partial charge in [0.15, 0.2) is 0 Å². The number of nitrogens with zero attached hydrogens (tertiary/aromatic N) is 2. The molecule has 3 heteroatoms. The Hall–Kier alpha value is -1.12. The molecule has 0 bridgehead atoms. The van der Waals surface area contributed by atoms with Gasteiger partial charge in [-0.25, -0.2) is 0 Å². The predicted octanol–water partition coefficient (Wildman–Crippen LogP) is 1.18. The fourth-order valence-electron chi connectivity index (χ4n) is 0.715. The molecule has 54 valence electrons. The van der Waals surface area contributed by atoms with Crippen LogP contribution in [0.1, 0.15) is 25.3 Å². The second-order valence-electron chi connectivity index (χ2n) is 2.57. The molecule has 10 heavy (non-hydrogen) atoms. The largest absolute Gasteiger partial charge is 0.382 e. The third-order valence-corrected chi connectivity index (χ3v) is 1.36. The average Bonchev–Trinajstić information content (AvgIpc) is 1.88. The zero-order valence-corrected chi connectivity index (χ0v) is 6.20. The van der Waals surface area contributed by atoms with Crippen LogP contribution in [-0.4, -0.2) is 10.2 Å². The Bertz CT molecular complexity index is 220. The van der Waals surface area contributed by atoms with E-state index in [-0.39, 0.29) is 0 Å². The van der Waals surface area contributed by atoms with Gasteiger partial charge in [-0.1, -0.05) is 13.8 Å². The first-order chi connectivity index (χ1) is 4.70. The van der Waals surface area contributed by atoms with Gasteiger partial charge >= 0.3 is 0 Å². The lowest BCUT2D eigenvalue weighted by Gasteiger charge is -2.02. The molecule has 0 unspecified atom stereocenters. The maximum atomic E-state index is 5.42. The lowest BCUT2D eigenvalue weighted by atomic mass is 10.1. The van der Waals surface area contributed by atoms with Gasteiger partial charge < -0.3 is 5.73 Å². The van der Waals surface area contributed by atoms with E-state index in [0.717, 1.165) is 5.56 Å². The summed E-state index contributed by atoms with van der Waals surface area (Å²) in [4.78, 5) is 0. The molecule has 0 fully saturated rings. The fraction of sp³-hybridized carbons (Fsp3) is 0.429. The van der Waals surface area contributed by atoms with Gasteiger partial charge in [0.1, 0.15) is 5.82 Å². The van der Waals surface area contributed by atoms with Crippen molar-refractivity contribution >= 4 is 5.82 Å². The normalized spacial score (nSPS) is 10.3. The van der Waals surface area contributed by atoms with E-state index in [0.29, 0.717) is 11.7 Å². The Balaban J connectivity index is 2.96. The molecular formula is C7H11N3. The minimum atomic E-state index is 0.470. The van der Waals surface area contributed by atoms with Crippen molar-refractivity contribution < 1.29 is 0 Å². The van der Waals surface area contributed by atoms with E-state index in [4.69, 9.17) is 5.73 Å². The first-order valence-electron chi connectivity index (χ1n) is 3.28. The van der Waals surface area contributed by atoms with Crippen molar-refractivity contribution in [3.63, 3.8) is 0 Å². The Kier molecular flexibility index (Phi) is 1.85. The predicted molar refractivity (Wildman–Crippen MR) is 40.5 cm³/mol. The maximum Gasteiger partial charge on any atom is 0.146 e. The number of rotatable bonds is 1. The summed E-state index contributed by atoms with van der Waals surface area (Å²) in [7, 11) is 0. The zero-order valence-electron chi connectivity index (χ0n) is 6.20. The first kappa shape index (κ1) is 6.99. The average molecular weight is 137 g/mol. The molecule has 1 aromatic heterocycles. The van der Waals surface area contributed by atoms with Gasteiger partial charge in [-0.15, -0.1) is 5.10 Å². The van der Waals surface area contributed by atoms with Gasteiger partial charge in [-0.2, -0.15) is 5.10 Å². The highest BCUT2D eigenvalue weighted by molar-refractivity contribution is 5.30. The highest BCUT2D eigenvalue weighted by atomic mass is 15.1. The van der Waals surface area contributed by atoms with Crippen molar-refractivity contribution in [1.82, 2.24) is 10.2 Å². The lowest BCUT2D eigenvalue weighted by Crippen LogP contribution is -1.96. The Labute approximate surface area is 60.3 Å². The summed E-state index contributed by atoms with van der Waals surface area (Å²) >= 11 is 0. The number of aromatic nitrogens is 2. The highest BCUT2D eigenvalue weighted by Crippen LogP contribution is 2.12. The third kappa shape index (κ3) is 1.43. The smallest absolute Gasteiger partial charge is 0.146 e. The van der Waals surface area contributed by atoms with Crippen LogP contribution >= 0.6 is 0 Å². The van der Waals surface area contributed by atoms with Gasteiger partial charge in [0.05, 0.1) is 6.20 Å². The summed E-state index contributed by atoms with van der Waals surface area (Å²) in [6.07, 6.45) is 1.74. The second-order valence-corrected chi connectivity index (χ2v) is 2.57. The highest BCUT2D eigenvalue weighted by Gasteiger charge is 1.98. The molecule has 0 saturated heterocycles. The van der Waals surface area contributed by atoms with Crippen molar-refractivity contribution in [2.75, 3.05) is 5.73 Å². The van der Waals surface area contributed by atoms with Gasteiger partial charge in [0, 0.05) is 0 Å². The molecule has 1 rings (SSSR count). The van der Waals surface area contributed by atoms with Crippen LogP contribution in [-0.2, 0) is 0 Å². The van der Waals surface area contributed by atoms with Gasteiger partial charge in [-0.05, 0) is 17.5 Å². The number of nitrogens with two attached hydrogens (primary N) is 1. The van der Waals surface area contributed by atoms with Crippen LogP contribution in [0.5, 0.6) is 0 Å². The fourth-order valence-corrected chi connectivity index (χ4v) is 0.715. The lowest BCUT2D eigenvalue weighted by molar-refractivity contribution is 0.844. The maximum absolute atomic E-state index is 5.42. The van der Waals surface area contributed by atoms with Crippen LogP contribution in [0.4, 0.5) is 5.82 Å². The molecule has 3 nitrogen and oxygen atoms in total. The number of hydrogen-bond acceptors (Lipinski definition) is 3. The van der Waals surface area contributed by atoms with E-state index in [1.165, 1.54) is 0 Å². The van der Waals surface area contributed by atoms with Crippen molar-refractivity contribution in [3.05, 3.63) is 17.8 Å². The van der Waals surface area contributed by atoms with E-state index in [9.17, 15) is 0 Å². The van der Waals surface area contributed by atoms with Gasteiger partial charge in [0.2, 0.25) is 0 Å². The van der Waals surface area contributed by atoms with Crippen LogP contribution in [0.3, 0.4) is 0 Å². The molecule has 0 aromatic carbocycles. The van der Waals surface area contributed by atoms with Gasteiger partial charge in [-0.3, -0.25) is 0 Å². The van der Waals surface area contributed by atoms with Crippen LogP contribution in [0.15, 0.2) is 12.3 Å². The molecule has 0 amide bonds. The van der Waals surface area contributed by atoms with Crippen molar-refractivity contribution in [2.24, 2.45) is 0 Å². The molecule has 0 atom stereocenters. The minimum absolute atomic E-state index is 0.470. The van der Waals surface area contributed by atoms with Crippen LogP contribution in [0.2, 0.25) is 0 Å². The van der Waals surface area contributed by atoms with E-state index in [1.54, 1.807) is 6.20 Å². The Morgan fingerprint density at radius 1 is 1.50 bits per heavy atom. The standard InChI is InChI=1S/C7H11N3/c1-5(2)6-3-7(8)10-9-4-6/h3-5H,1-2H3,(H2,8,10). The van der Waals surface area contributed by atoms with Crippen LogP contribution in [0, 0.1) is 0 Å².